The number of ether oxygens (including phenoxy) is 3. The van der Waals surface area contributed by atoms with Crippen molar-refractivity contribution >= 4 is 27.7 Å². The first-order valence-corrected chi connectivity index (χ1v) is 13.2. The van der Waals surface area contributed by atoms with Gasteiger partial charge in [0.1, 0.15) is 24.3 Å². The third-order valence-electron chi connectivity index (χ3n) is 7.05. The Kier molecular flexibility index (Phi) is 6.41. The van der Waals surface area contributed by atoms with E-state index < -0.39 is 5.79 Å². The molecule has 1 N–H and O–H groups in total. The number of hydrogen-bond acceptors (Lipinski definition) is 6. The fourth-order valence-corrected chi connectivity index (χ4v) is 5.19. The number of carbonyl (C=O) groups is 1. The number of aromatic amines is 1. The van der Waals surface area contributed by atoms with Gasteiger partial charge < -0.3 is 19.2 Å². The van der Waals surface area contributed by atoms with Crippen LogP contribution in [-0.4, -0.2) is 45.8 Å². The normalized spacial score (nSPS) is 16.7. The van der Waals surface area contributed by atoms with E-state index in [0.29, 0.717) is 18.8 Å². The lowest BCUT2D eigenvalue weighted by atomic mass is 10.0. The molecule has 1 saturated heterocycles. The minimum Gasteiger partial charge on any atom is -0.491 e. The molecule has 3 aromatic carbocycles. The molecule has 39 heavy (non-hydrogen) atoms. The predicted octanol–water partition coefficient (Wildman–Crippen LogP) is 6.35. The van der Waals surface area contributed by atoms with Crippen LogP contribution in [0.1, 0.15) is 41.0 Å². The summed E-state index contributed by atoms with van der Waals surface area (Å²) < 4.78 is 17.5. The molecule has 0 amide bonds. The second kappa shape index (κ2) is 9.91. The van der Waals surface area contributed by atoms with Gasteiger partial charge >= 0.3 is 0 Å². The molecule has 0 unspecified atom stereocenters. The molecule has 1 atom stereocenters. The number of nitrogens with one attached hydrogen (secondary N) is 1. The van der Waals surface area contributed by atoms with E-state index in [2.05, 4.69) is 9.97 Å². The number of fused-ring (bicyclic) bond motifs is 2. The summed E-state index contributed by atoms with van der Waals surface area (Å²) in [7, 11) is 0. The quantitative estimate of drug-likeness (QED) is 0.251. The van der Waals surface area contributed by atoms with Crippen LogP contribution in [0, 0.1) is 13.8 Å². The van der Waals surface area contributed by atoms with E-state index in [1.165, 1.54) is 0 Å². The van der Waals surface area contributed by atoms with Crippen LogP contribution in [0.4, 0.5) is 0 Å². The zero-order chi connectivity index (χ0) is 27.1. The minimum absolute atomic E-state index is 0.0183. The van der Waals surface area contributed by atoms with Crippen LogP contribution < -0.4 is 4.74 Å². The van der Waals surface area contributed by atoms with Gasteiger partial charge in [0.2, 0.25) is 0 Å². The lowest BCUT2D eigenvalue weighted by molar-refractivity contribution is -0.141. The smallest absolute Gasteiger partial charge is 0.168 e. The number of aromatic nitrogens is 3. The Hall–Kier alpha value is -4.07. The average Bonchev–Trinajstić information content (AvgIpc) is 3.48. The topological polar surface area (TPSA) is 86.3 Å². The molecule has 0 bridgehead atoms. The van der Waals surface area contributed by atoms with E-state index in [0.717, 1.165) is 55.9 Å². The van der Waals surface area contributed by atoms with E-state index >= 15 is 0 Å². The Morgan fingerprint density at radius 3 is 2.56 bits per heavy atom. The van der Waals surface area contributed by atoms with Gasteiger partial charge in [0.25, 0.3) is 0 Å². The maximum absolute atomic E-state index is 13.1. The largest absolute Gasteiger partial charge is 0.491 e. The van der Waals surface area contributed by atoms with E-state index in [-0.39, 0.29) is 18.3 Å². The molecule has 6 rings (SSSR count). The molecular weight excluding hydrogens is 490 g/mol. The van der Waals surface area contributed by atoms with Gasteiger partial charge in [-0.2, -0.15) is 0 Å². The van der Waals surface area contributed by atoms with Gasteiger partial charge in [-0.15, -0.1) is 0 Å². The minimum atomic E-state index is -0.567. The highest BCUT2D eigenvalue weighted by molar-refractivity contribution is 6.00. The standard InChI is InChI=1S/C32H31N3O4/c1-19-13-24(37-17-25-18-38-32(3,4)39-25)14-20(2)30(19)31-34-27-12-10-22(15-28(27)35-31)29(36)16-23-11-9-21-7-5-6-8-26(21)33-23/h5-15,25H,16-18H2,1-4H3,(H,34,35)/t25-/m1/s1. The van der Waals surface area contributed by atoms with Gasteiger partial charge in [0.15, 0.2) is 11.6 Å². The van der Waals surface area contributed by atoms with E-state index in [4.69, 9.17) is 19.2 Å². The van der Waals surface area contributed by atoms with Gasteiger partial charge in [0.05, 0.1) is 29.6 Å². The molecule has 198 valence electrons. The number of benzene rings is 3. The van der Waals surface area contributed by atoms with Gasteiger partial charge in [-0.3, -0.25) is 9.78 Å². The van der Waals surface area contributed by atoms with Crippen molar-refractivity contribution in [1.82, 2.24) is 15.0 Å². The maximum atomic E-state index is 13.1. The predicted molar refractivity (Wildman–Crippen MR) is 151 cm³/mol. The van der Waals surface area contributed by atoms with Crippen molar-refractivity contribution in [1.29, 1.82) is 0 Å². The van der Waals surface area contributed by atoms with Crippen LogP contribution in [-0.2, 0) is 15.9 Å². The lowest BCUT2D eigenvalue weighted by Crippen LogP contribution is -2.25. The molecule has 7 heteroatoms. The molecule has 0 radical (unpaired) electrons. The first-order chi connectivity index (χ1) is 18.7. The van der Waals surface area contributed by atoms with Crippen molar-refractivity contribution in [2.24, 2.45) is 0 Å². The number of Topliss-reactive ketones (excluding diaryl/α,β-unsaturated/α-hetero) is 1. The Labute approximate surface area is 227 Å². The SMILES string of the molecule is Cc1cc(OC[C@@H]2COC(C)(C)O2)cc(C)c1-c1nc2ccc(C(=O)Cc3ccc4ccccc4n3)cc2[nH]1. The summed E-state index contributed by atoms with van der Waals surface area (Å²) in [6.07, 6.45) is 0.150. The van der Waals surface area contributed by atoms with Crippen LogP contribution in [0.15, 0.2) is 66.7 Å². The van der Waals surface area contributed by atoms with Crippen molar-refractivity contribution in [2.75, 3.05) is 13.2 Å². The number of rotatable bonds is 7. The summed E-state index contributed by atoms with van der Waals surface area (Å²) in [6.45, 7) is 8.86. The first kappa shape index (κ1) is 25.2. The molecule has 2 aromatic heterocycles. The van der Waals surface area contributed by atoms with Crippen LogP contribution >= 0.6 is 0 Å². The second-order valence-electron chi connectivity index (χ2n) is 10.6. The number of para-hydroxylation sites is 1. The molecule has 0 aliphatic carbocycles. The van der Waals surface area contributed by atoms with Crippen molar-refractivity contribution in [3.8, 4) is 17.1 Å². The first-order valence-electron chi connectivity index (χ1n) is 13.2. The molecule has 3 heterocycles. The highest BCUT2D eigenvalue weighted by atomic mass is 16.7. The third-order valence-corrected chi connectivity index (χ3v) is 7.05. The van der Waals surface area contributed by atoms with Gasteiger partial charge in [-0.05, 0) is 81.3 Å². The summed E-state index contributed by atoms with van der Waals surface area (Å²) in [5, 5.41) is 1.06. The van der Waals surface area contributed by atoms with Crippen LogP contribution in [0.3, 0.4) is 0 Å². The summed E-state index contributed by atoms with van der Waals surface area (Å²) >= 11 is 0. The third kappa shape index (κ3) is 5.28. The highest BCUT2D eigenvalue weighted by Crippen LogP contribution is 2.32. The Balaban J connectivity index is 1.20. The number of aryl methyl sites for hydroxylation is 2. The molecule has 0 saturated carbocycles. The van der Waals surface area contributed by atoms with Crippen LogP contribution in [0.5, 0.6) is 5.75 Å². The number of pyridine rings is 1. The van der Waals surface area contributed by atoms with E-state index in [1.54, 1.807) is 0 Å². The highest BCUT2D eigenvalue weighted by Gasteiger charge is 2.33. The summed E-state index contributed by atoms with van der Waals surface area (Å²) in [4.78, 5) is 26.0. The fourth-order valence-electron chi connectivity index (χ4n) is 5.19. The zero-order valence-electron chi connectivity index (χ0n) is 22.6. The number of H-pyrrole nitrogens is 1. The average molecular weight is 522 g/mol. The molecule has 7 nitrogen and oxygen atoms in total. The fraction of sp³-hybridized carbons (Fsp3) is 0.281. The summed E-state index contributed by atoms with van der Waals surface area (Å²) in [5.74, 6) is 1.00. The van der Waals surface area contributed by atoms with Crippen LogP contribution in [0.25, 0.3) is 33.3 Å². The molecule has 1 fully saturated rings. The van der Waals surface area contributed by atoms with Crippen molar-refractivity contribution in [3.05, 3.63) is 89.1 Å². The number of carbonyl (C=O) groups excluding carboxylic acids is 1. The number of imidazole rings is 1. The Morgan fingerprint density at radius 2 is 1.79 bits per heavy atom. The molecular formula is C32H31N3O4. The summed E-state index contributed by atoms with van der Waals surface area (Å²) in [5.41, 5.74) is 7.03. The molecule has 5 aromatic rings. The van der Waals surface area contributed by atoms with E-state index in [1.807, 2.05) is 94.4 Å². The second-order valence-corrected chi connectivity index (χ2v) is 10.6. The monoisotopic (exact) mass is 521 g/mol. The number of nitrogens with zero attached hydrogens (tertiary/aromatic N) is 2. The lowest BCUT2D eigenvalue weighted by Gasteiger charge is -2.18. The number of hydrogen-bond donors (Lipinski definition) is 1. The van der Waals surface area contributed by atoms with Crippen LogP contribution in [0.2, 0.25) is 0 Å². The number of ketones is 1. The Morgan fingerprint density at radius 1 is 1.00 bits per heavy atom. The maximum Gasteiger partial charge on any atom is 0.168 e. The molecule has 1 aliphatic rings. The summed E-state index contributed by atoms with van der Waals surface area (Å²) in [6, 6.07) is 21.5. The zero-order valence-corrected chi connectivity index (χ0v) is 22.6. The molecule has 1 aliphatic heterocycles. The Bertz CT molecular complexity index is 1680. The van der Waals surface area contributed by atoms with E-state index in [9.17, 15) is 4.79 Å². The van der Waals surface area contributed by atoms with Gasteiger partial charge in [-0.1, -0.05) is 24.3 Å². The van der Waals surface area contributed by atoms with Crippen molar-refractivity contribution < 1.29 is 19.0 Å². The molecule has 0 spiro atoms. The van der Waals surface area contributed by atoms with Crippen molar-refractivity contribution in [2.45, 2.75) is 46.0 Å². The van der Waals surface area contributed by atoms with Crippen molar-refractivity contribution in [3.63, 3.8) is 0 Å². The van der Waals surface area contributed by atoms with Gasteiger partial charge in [0, 0.05) is 22.2 Å². The van der Waals surface area contributed by atoms with Gasteiger partial charge in [-0.25, -0.2) is 4.98 Å².